The van der Waals surface area contributed by atoms with Crippen molar-refractivity contribution in [3.63, 3.8) is 0 Å². The first-order valence-electron chi connectivity index (χ1n) is 6.89. The third-order valence-corrected chi connectivity index (χ3v) is 3.04. The lowest BCUT2D eigenvalue weighted by Crippen LogP contribution is -2.35. The largest absolute Gasteiger partial charge is 0.357 e. The zero-order chi connectivity index (χ0) is 14.3. The monoisotopic (exact) mass is 264 g/mol. The Bertz CT molecular complexity index is 387. The second-order valence-corrected chi connectivity index (χ2v) is 4.46. The molecule has 0 bridgehead atoms. The zero-order valence-corrected chi connectivity index (χ0v) is 12.0. The van der Waals surface area contributed by atoms with Gasteiger partial charge in [0.15, 0.2) is 0 Å². The van der Waals surface area contributed by atoms with Gasteiger partial charge in [-0.2, -0.15) is 0 Å². The highest BCUT2D eigenvalue weighted by Gasteiger charge is 2.12. The van der Waals surface area contributed by atoms with Crippen LogP contribution in [0, 0.1) is 0 Å². The van der Waals surface area contributed by atoms with Crippen molar-refractivity contribution in [3.8, 4) is 0 Å². The van der Waals surface area contributed by atoms with Gasteiger partial charge >= 0.3 is 0 Å². The lowest BCUT2D eigenvalue weighted by Gasteiger charge is -2.19. The van der Waals surface area contributed by atoms with E-state index in [-0.39, 0.29) is 5.91 Å². The SMILES string of the molecule is CCC[C@@H](N)C(=O)Nc1ccc(N(CC)CC)nc1. The van der Waals surface area contributed by atoms with Crippen molar-refractivity contribution in [1.82, 2.24) is 4.98 Å². The van der Waals surface area contributed by atoms with E-state index in [4.69, 9.17) is 5.73 Å². The Morgan fingerprint density at radius 3 is 2.53 bits per heavy atom. The molecule has 1 aromatic rings. The normalized spacial score (nSPS) is 12.0. The number of amides is 1. The summed E-state index contributed by atoms with van der Waals surface area (Å²) < 4.78 is 0. The van der Waals surface area contributed by atoms with E-state index in [2.05, 4.69) is 29.0 Å². The molecular weight excluding hydrogens is 240 g/mol. The van der Waals surface area contributed by atoms with Gasteiger partial charge in [-0.3, -0.25) is 4.79 Å². The number of hydrogen-bond donors (Lipinski definition) is 2. The summed E-state index contributed by atoms with van der Waals surface area (Å²) >= 11 is 0. The molecule has 19 heavy (non-hydrogen) atoms. The minimum Gasteiger partial charge on any atom is -0.357 e. The lowest BCUT2D eigenvalue weighted by atomic mass is 10.1. The molecule has 1 atom stereocenters. The maximum atomic E-state index is 11.8. The first-order chi connectivity index (χ1) is 9.12. The Hall–Kier alpha value is -1.62. The van der Waals surface area contributed by atoms with Gasteiger partial charge in [0, 0.05) is 13.1 Å². The van der Waals surface area contributed by atoms with Gasteiger partial charge < -0.3 is 16.0 Å². The molecule has 1 rings (SSSR count). The third-order valence-electron chi connectivity index (χ3n) is 3.04. The van der Waals surface area contributed by atoms with Crippen molar-refractivity contribution >= 4 is 17.4 Å². The van der Waals surface area contributed by atoms with Crippen molar-refractivity contribution in [1.29, 1.82) is 0 Å². The van der Waals surface area contributed by atoms with Crippen LogP contribution in [0.4, 0.5) is 11.5 Å². The molecule has 106 valence electrons. The van der Waals surface area contributed by atoms with E-state index < -0.39 is 6.04 Å². The molecule has 0 saturated heterocycles. The second kappa shape index (κ2) is 7.74. The molecular formula is C14H24N4O. The van der Waals surface area contributed by atoms with E-state index in [9.17, 15) is 4.79 Å². The van der Waals surface area contributed by atoms with E-state index >= 15 is 0 Å². The number of rotatable bonds is 7. The van der Waals surface area contributed by atoms with E-state index in [0.717, 1.165) is 25.3 Å². The second-order valence-electron chi connectivity index (χ2n) is 4.46. The summed E-state index contributed by atoms with van der Waals surface area (Å²) in [7, 11) is 0. The average Bonchev–Trinajstić information content (AvgIpc) is 2.42. The fourth-order valence-corrected chi connectivity index (χ4v) is 1.87. The van der Waals surface area contributed by atoms with Crippen LogP contribution in [0.15, 0.2) is 18.3 Å². The highest BCUT2D eigenvalue weighted by molar-refractivity contribution is 5.94. The Labute approximate surface area is 115 Å². The van der Waals surface area contributed by atoms with Crippen LogP contribution >= 0.6 is 0 Å². The van der Waals surface area contributed by atoms with Gasteiger partial charge in [-0.15, -0.1) is 0 Å². The molecule has 3 N–H and O–H groups in total. The van der Waals surface area contributed by atoms with Crippen LogP contribution in [-0.4, -0.2) is 30.0 Å². The molecule has 1 heterocycles. The van der Waals surface area contributed by atoms with E-state index in [1.54, 1.807) is 6.20 Å². The quantitative estimate of drug-likeness (QED) is 0.790. The molecule has 0 unspecified atom stereocenters. The Balaban J connectivity index is 2.64. The van der Waals surface area contributed by atoms with Crippen molar-refractivity contribution < 1.29 is 4.79 Å². The highest BCUT2D eigenvalue weighted by Crippen LogP contribution is 2.14. The van der Waals surface area contributed by atoms with Gasteiger partial charge in [-0.25, -0.2) is 4.98 Å². The van der Waals surface area contributed by atoms with Crippen molar-refractivity contribution in [2.75, 3.05) is 23.3 Å². The number of nitrogens with zero attached hydrogens (tertiary/aromatic N) is 2. The molecule has 5 nitrogen and oxygen atoms in total. The topological polar surface area (TPSA) is 71.2 Å². The molecule has 0 saturated carbocycles. The van der Waals surface area contributed by atoms with E-state index in [1.807, 2.05) is 19.1 Å². The average molecular weight is 264 g/mol. The third kappa shape index (κ3) is 4.52. The maximum Gasteiger partial charge on any atom is 0.241 e. The van der Waals surface area contributed by atoms with Gasteiger partial charge in [0.2, 0.25) is 5.91 Å². The zero-order valence-electron chi connectivity index (χ0n) is 12.0. The van der Waals surface area contributed by atoms with Gasteiger partial charge in [-0.05, 0) is 32.4 Å². The van der Waals surface area contributed by atoms with Crippen LogP contribution in [0.2, 0.25) is 0 Å². The number of carbonyl (C=O) groups excluding carboxylic acids is 1. The summed E-state index contributed by atoms with van der Waals surface area (Å²) in [5, 5.41) is 2.78. The smallest absolute Gasteiger partial charge is 0.241 e. The molecule has 1 amide bonds. The fourth-order valence-electron chi connectivity index (χ4n) is 1.87. The van der Waals surface area contributed by atoms with Crippen LogP contribution < -0.4 is 16.0 Å². The predicted octanol–water partition coefficient (Wildman–Crippen LogP) is 1.99. The molecule has 0 fully saturated rings. The molecule has 0 radical (unpaired) electrons. The van der Waals surface area contributed by atoms with Gasteiger partial charge in [0.1, 0.15) is 5.82 Å². The number of aromatic nitrogens is 1. The summed E-state index contributed by atoms with van der Waals surface area (Å²) in [5.74, 6) is 0.764. The maximum absolute atomic E-state index is 11.8. The molecule has 5 heteroatoms. The van der Waals surface area contributed by atoms with Crippen molar-refractivity contribution in [2.24, 2.45) is 5.73 Å². The van der Waals surface area contributed by atoms with Gasteiger partial charge in [0.05, 0.1) is 17.9 Å². The summed E-state index contributed by atoms with van der Waals surface area (Å²) in [6, 6.07) is 3.32. The number of carbonyl (C=O) groups is 1. The first-order valence-corrected chi connectivity index (χ1v) is 6.89. The predicted molar refractivity (Wildman–Crippen MR) is 79.3 cm³/mol. The summed E-state index contributed by atoms with van der Waals surface area (Å²) in [4.78, 5) is 18.3. The lowest BCUT2D eigenvalue weighted by molar-refractivity contribution is -0.117. The van der Waals surface area contributed by atoms with Crippen LogP contribution in [0.5, 0.6) is 0 Å². The molecule has 0 spiro atoms. The Morgan fingerprint density at radius 1 is 1.37 bits per heavy atom. The van der Waals surface area contributed by atoms with Crippen LogP contribution in [0.1, 0.15) is 33.6 Å². The number of nitrogens with one attached hydrogen (secondary N) is 1. The van der Waals surface area contributed by atoms with Crippen molar-refractivity contribution in [2.45, 2.75) is 39.7 Å². The highest BCUT2D eigenvalue weighted by atomic mass is 16.2. The van der Waals surface area contributed by atoms with Gasteiger partial charge in [-0.1, -0.05) is 13.3 Å². The number of anilines is 2. The summed E-state index contributed by atoms with van der Waals surface area (Å²) in [6.07, 6.45) is 3.26. The first kappa shape index (κ1) is 15.4. The summed E-state index contributed by atoms with van der Waals surface area (Å²) in [6.45, 7) is 8.01. The van der Waals surface area contributed by atoms with E-state index in [0.29, 0.717) is 12.1 Å². The molecule has 0 aromatic carbocycles. The molecule has 1 aromatic heterocycles. The summed E-state index contributed by atoms with van der Waals surface area (Å²) in [5.41, 5.74) is 6.44. The standard InChI is InChI=1S/C14H24N4O/c1-4-7-12(15)14(19)17-11-8-9-13(16-10-11)18(5-2)6-3/h8-10,12H,4-7,15H2,1-3H3,(H,17,19)/t12-/m1/s1. The number of hydrogen-bond acceptors (Lipinski definition) is 4. The molecule has 0 aliphatic heterocycles. The molecule has 0 aliphatic rings. The van der Waals surface area contributed by atoms with Gasteiger partial charge in [0.25, 0.3) is 0 Å². The fraction of sp³-hybridized carbons (Fsp3) is 0.571. The Kier molecular flexibility index (Phi) is 6.29. The number of nitrogens with two attached hydrogens (primary N) is 1. The van der Waals surface area contributed by atoms with Crippen LogP contribution in [0.25, 0.3) is 0 Å². The van der Waals surface area contributed by atoms with Crippen LogP contribution in [-0.2, 0) is 4.79 Å². The van der Waals surface area contributed by atoms with Crippen molar-refractivity contribution in [3.05, 3.63) is 18.3 Å². The minimum absolute atomic E-state index is 0.153. The van der Waals surface area contributed by atoms with E-state index in [1.165, 1.54) is 0 Å². The Morgan fingerprint density at radius 2 is 2.05 bits per heavy atom. The van der Waals surface area contributed by atoms with Crippen LogP contribution in [0.3, 0.4) is 0 Å². The minimum atomic E-state index is -0.451. The molecule has 0 aliphatic carbocycles. The number of pyridine rings is 1.